The Balaban J connectivity index is 2.19. The SMILES string of the molecule is COC(C)(CN)C1Cc2ccccc2C1. The molecule has 0 saturated carbocycles. The summed E-state index contributed by atoms with van der Waals surface area (Å²) in [5.74, 6) is 0.518. The van der Waals surface area contributed by atoms with Gasteiger partial charge >= 0.3 is 0 Å². The molecule has 0 spiro atoms. The van der Waals surface area contributed by atoms with Crippen LogP contribution in [-0.4, -0.2) is 19.3 Å². The van der Waals surface area contributed by atoms with Crippen molar-refractivity contribution in [1.29, 1.82) is 0 Å². The maximum Gasteiger partial charge on any atom is 0.0806 e. The minimum absolute atomic E-state index is 0.182. The maximum absolute atomic E-state index is 5.81. The van der Waals surface area contributed by atoms with E-state index in [1.54, 1.807) is 7.11 Å². The first-order valence-corrected chi connectivity index (χ1v) is 5.51. The van der Waals surface area contributed by atoms with Gasteiger partial charge in [0.1, 0.15) is 0 Å². The van der Waals surface area contributed by atoms with Gasteiger partial charge in [0.15, 0.2) is 0 Å². The van der Waals surface area contributed by atoms with Gasteiger partial charge in [0, 0.05) is 13.7 Å². The predicted molar refractivity (Wildman–Crippen MR) is 61.8 cm³/mol. The van der Waals surface area contributed by atoms with Crippen LogP contribution in [0.25, 0.3) is 0 Å². The largest absolute Gasteiger partial charge is 0.377 e. The molecule has 1 aliphatic rings. The number of ether oxygens (including phenoxy) is 1. The lowest BCUT2D eigenvalue weighted by Gasteiger charge is -2.32. The monoisotopic (exact) mass is 205 g/mol. The maximum atomic E-state index is 5.81. The molecule has 0 amide bonds. The molecule has 0 bridgehead atoms. The molecule has 2 N–H and O–H groups in total. The zero-order valence-corrected chi connectivity index (χ0v) is 9.49. The molecule has 2 nitrogen and oxygen atoms in total. The Kier molecular flexibility index (Phi) is 2.81. The van der Waals surface area contributed by atoms with Gasteiger partial charge in [0.2, 0.25) is 0 Å². The number of nitrogens with two attached hydrogens (primary N) is 1. The summed E-state index contributed by atoms with van der Waals surface area (Å²) >= 11 is 0. The molecule has 0 saturated heterocycles. The lowest BCUT2D eigenvalue weighted by molar-refractivity contribution is -0.0326. The highest BCUT2D eigenvalue weighted by Gasteiger charge is 2.36. The Morgan fingerprint density at radius 1 is 1.33 bits per heavy atom. The summed E-state index contributed by atoms with van der Waals surface area (Å²) in [6, 6.07) is 8.63. The van der Waals surface area contributed by atoms with Gasteiger partial charge in [0.05, 0.1) is 5.60 Å². The third-order valence-corrected chi connectivity index (χ3v) is 3.79. The van der Waals surface area contributed by atoms with Crippen molar-refractivity contribution in [2.24, 2.45) is 11.7 Å². The molecule has 0 aromatic heterocycles. The smallest absolute Gasteiger partial charge is 0.0806 e. The Labute approximate surface area is 91.4 Å². The van der Waals surface area contributed by atoms with Crippen LogP contribution >= 0.6 is 0 Å². The van der Waals surface area contributed by atoms with Crippen LogP contribution in [0.5, 0.6) is 0 Å². The fraction of sp³-hybridized carbons (Fsp3) is 0.538. The van der Waals surface area contributed by atoms with E-state index in [2.05, 4.69) is 31.2 Å². The van der Waals surface area contributed by atoms with Gasteiger partial charge in [-0.15, -0.1) is 0 Å². The predicted octanol–water partition coefficient (Wildman–Crippen LogP) is 1.77. The second kappa shape index (κ2) is 3.95. The first kappa shape index (κ1) is 10.7. The number of fused-ring (bicyclic) bond motifs is 1. The van der Waals surface area contributed by atoms with Crippen LogP contribution in [0.2, 0.25) is 0 Å². The van der Waals surface area contributed by atoms with E-state index in [4.69, 9.17) is 10.5 Å². The zero-order chi connectivity index (χ0) is 10.9. The molecule has 1 aromatic carbocycles. The normalized spacial score (nSPS) is 19.9. The lowest BCUT2D eigenvalue weighted by Crippen LogP contribution is -2.44. The van der Waals surface area contributed by atoms with Gasteiger partial charge in [-0.2, -0.15) is 0 Å². The number of rotatable bonds is 3. The van der Waals surface area contributed by atoms with E-state index >= 15 is 0 Å². The summed E-state index contributed by atoms with van der Waals surface area (Å²) in [6.45, 7) is 2.70. The van der Waals surface area contributed by atoms with Crippen LogP contribution in [0.1, 0.15) is 18.1 Å². The van der Waals surface area contributed by atoms with Gasteiger partial charge in [-0.3, -0.25) is 0 Å². The molecule has 0 fully saturated rings. The van der Waals surface area contributed by atoms with Crippen LogP contribution in [-0.2, 0) is 17.6 Å². The third-order valence-electron chi connectivity index (χ3n) is 3.79. The number of hydrogen-bond donors (Lipinski definition) is 1. The van der Waals surface area contributed by atoms with Crippen molar-refractivity contribution < 1.29 is 4.74 Å². The molecule has 2 rings (SSSR count). The molecular weight excluding hydrogens is 186 g/mol. The molecule has 1 atom stereocenters. The molecule has 82 valence electrons. The summed E-state index contributed by atoms with van der Waals surface area (Å²) in [7, 11) is 1.76. The van der Waals surface area contributed by atoms with Gasteiger partial charge in [-0.1, -0.05) is 24.3 Å². The van der Waals surface area contributed by atoms with Crippen LogP contribution < -0.4 is 5.73 Å². The molecule has 0 radical (unpaired) electrons. The van der Waals surface area contributed by atoms with Gasteiger partial charge in [-0.25, -0.2) is 0 Å². The zero-order valence-electron chi connectivity index (χ0n) is 9.49. The summed E-state index contributed by atoms with van der Waals surface area (Å²) in [5, 5.41) is 0. The van der Waals surface area contributed by atoms with Crippen molar-refractivity contribution in [3.63, 3.8) is 0 Å². The molecule has 1 aliphatic carbocycles. The van der Waals surface area contributed by atoms with E-state index in [-0.39, 0.29) is 5.60 Å². The summed E-state index contributed by atoms with van der Waals surface area (Å²) in [4.78, 5) is 0. The molecule has 0 heterocycles. The fourth-order valence-corrected chi connectivity index (χ4v) is 2.41. The van der Waals surface area contributed by atoms with E-state index in [1.165, 1.54) is 11.1 Å². The lowest BCUT2D eigenvalue weighted by atomic mass is 9.86. The van der Waals surface area contributed by atoms with Crippen molar-refractivity contribution in [2.75, 3.05) is 13.7 Å². The van der Waals surface area contributed by atoms with Gasteiger partial charge < -0.3 is 10.5 Å². The first-order valence-electron chi connectivity index (χ1n) is 5.51. The Bertz CT molecular complexity index is 319. The van der Waals surface area contributed by atoms with Crippen molar-refractivity contribution >= 4 is 0 Å². The average Bonchev–Trinajstić information content (AvgIpc) is 2.72. The van der Waals surface area contributed by atoms with E-state index < -0.39 is 0 Å². The quantitative estimate of drug-likeness (QED) is 0.816. The second-order valence-electron chi connectivity index (χ2n) is 4.59. The molecular formula is C13H19NO. The van der Waals surface area contributed by atoms with Crippen LogP contribution in [0.3, 0.4) is 0 Å². The van der Waals surface area contributed by atoms with Crippen LogP contribution in [0.4, 0.5) is 0 Å². The second-order valence-corrected chi connectivity index (χ2v) is 4.59. The topological polar surface area (TPSA) is 35.2 Å². The molecule has 15 heavy (non-hydrogen) atoms. The van der Waals surface area contributed by atoms with Crippen LogP contribution in [0.15, 0.2) is 24.3 Å². The van der Waals surface area contributed by atoms with Crippen molar-refractivity contribution in [2.45, 2.75) is 25.4 Å². The summed E-state index contributed by atoms with van der Waals surface area (Å²) in [5.41, 5.74) is 8.54. The number of hydrogen-bond acceptors (Lipinski definition) is 2. The highest BCUT2D eigenvalue weighted by Crippen LogP contribution is 2.34. The van der Waals surface area contributed by atoms with Gasteiger partial charge in [-0.05, 0) is 36.8 Å². The average molecular weight is 205 g/mol. The Morgan fingerprint density at radius 2 is 1.87 bits per heavy atom. The first-order chi connectivity index (χ1) is 7.19. The van der Waals surface area contributed by atoms with E-state index in [1.807, 2.05) is 0 Å². The standard InChI is InChI=1S/C13H19NO/c1-13(9-14,15-2)12-7-10-5-3-4-6-11(10)8-12/h3-6,12H,7-9,14H2,1-2H3. The minimum Gasteiger partial charge on any atom is -0.377 e. The van der Waals surface area contributed by atoms with E-state index in [0.717, 1.165) is 12.8 Å². The van der Waals surface area contributed by atoms with Crippen molar-refractivity contribution in [1.82, 2.24) is 0 Å². The van der Waals surface area contributed by atoms with Crippen molar-refractivity contribution in [3.8, 4) is 0 Å². The molecule has 2 heteroatoms. The van der Waals surface area contributed by atoms with Crippen LogP contribution in [0, 0.1) is 5.92 Å². The minimum atomic E-state index is -0.182. The fourth-order valence-electron chi connectivity index (χ4n) is 2.41. The highest BCUT2D eigenvalue weighted by molar-refractivity contribution is 5.33. The number of methoxy groups -OCH3 is 1. The number of benzene rings is 1. The molecule has 0 aliphatic heterocycles. The van der Waals surface area contributed by atoms with E-state index in [9.17, 15) is 0 Å². The van der Waals surface area contributed by atoms with Crippen molar-refractivity contribution in [3.05, 3.63) is 35.4 Å². The Hall–Kier alpha value is -0.860. The Morgan fingerprint density at radius 3 is 2.27 bits per heavy atom. The van der Waals surface area contributed by atoms with Gasteiger partial charge in [0.25, 0.3) is 0 Å². The highest BCUT2D eigenvalue weighted by atomic mass is 16.5. The summed E-state index contributed by atoms with van der Waals surface area (Å²) in [6.07, 6.45) is 2.19. The molecule has 1 unspecified atom stereocenters. The summed E-state index contributed by atoms with van der Waals surface area (Å²) < 4.78 is 5.58. The molecule has 1 aromatic rings. The third kappa shape index (κ3) is 1.80. The van der Waals surface area contributed by atoms with E-state index in [0.29, 0.717) is 12.5 Å².